The second-order valence-corrected chi connectivity index (χ2v) is 14.4. The number of aromatic nitrogens is 2. The van der Waals surface area contributed by atoms with E-state index in [1.54, 1.807) is 0 Å². The molecule has 0 spiro atoms. The monoisotopic (exact) mass is 696 g/mol. The third kappa shape index (κ3) is 5.43. The minimum absolute atomic E-state index is 0.759. The van der Waals surface area contributed by atoms with Gasteiger partial charge in [-0.05, 0) is 116 Å². The van der Waals surface area contributed by atoms with Crippen molar-refractivity contribution in [3.05, 3.63) is 182 Å². The molecule has 250 valence electrons. The maximum Gasteiger partial charge on any atom is 0.128 e. The molecule has 3 heterocycles. The molecule has 1 aliphatic carbocycles. The number of pyridine rings is 2. The Labute approximate surface area is 312 Å². The summed E-state index contributed by atoms with van der Waals surface area (Å²) in [5.41, 5.74) is 16.4. The van der Waals surface area contributed by atoms with Crippen LogP contribution in [0.3, 0.4) is 0 Å². The molecule has 0 bridgehead atoms. The number of ether oxygens (including phenoxy) is 1. The molecule has 1 aliphatic rings. The highest BCUT2D eigenvalue weighted by molar-refractivity contribution is 7.23. The van der Waals surface area contributed by atoms with Gasteiger partial charge in [0.1, 0.15) is 11.5 Å². The first-order valence-electron chi connectivity index (χ1n) is 17.8. The summed E-state index contributed by atoms with van der Waals surface area (Å²) in [6.07, 6.45) is 3.74. The van der Waals surface area contributed by atoms with Crippen molar-refractivity contribution < 1.29 is 4.74 Å². The molecule has 0 atom stereocenters. The van der Waals surface area contributed by atoms with Gasteiger partial charge in [-0.15, -0.1) is 11.3 Å². The zero-order valence-electron chi connectivity index (χ0n) is 29.0. The molecule has 3 aromatic heterocycles. The van der Waals surface area contributed by atoms with Crippen LogP contribution in [-0.4, -0.2) is 9.97 Å². The van der Waals surface area contributed by atoms with Crippen LogP contribution in [0.4, 0.5) is 0 Å². The Bertz CT molecular complexity index is 2830. The Morgan fingerprint density at radius 2 is 1.00 bits per heavy atom. The summed E-state index contributed by atoms with van der Waals surface area (Å²) in [6, 6.07) is 57.8. The summed E-state index contributed by atoms with van der Waals surface area (Å²) < 4.78 is 7.58. The van der Waals surface area contributed by atoms with Crippen molar-refractivity contribution in [1.82, 2.24) is 9.97 Å². The average molecular weight is 697 g/mol. The molecular formula is C49H32N2OS. The van der Waals surface area contributed by atoms with Crippen LogP contribution in [0.2, 0.25) is 0 Å². The molecule has 0 radical (unpaired) electrons. The van der Waals surface area contributed by atoms with Gasteiger partial charge in [0, 0.05) is 28.4 Å². The number of nitrogens with zero attached hydrogens (tertiary/aromatic N) is 2. The highest BCUT2D eigenvalue weighted by atomic mass is 32.1. The number of benzene rings is 6. The Kier molecular flexibility index (Phi) is 7.55. The van der Waals surface area contributed by atoms with Crippen LogP contribution < -0.4 is 4.74 Å². The smallest absolute Gasteiger partial charge is 0.128 e. The molecule has 3 nitrogen and oxygen atoms in total. The number of rotatable bonds is 5. The van der Waals surface area contributed by atoms with E-state index < -0.39 is 0 Å². The van der Waals surface area contributed by atoms with Gasteiger partial charge >= 0.3 is 0 Å². The van der Waals surface area contributed by atoms with E-state index in [4.69, 9.17) is 9.72 Å². The van der Waals surface area contributed by atoms with Gasteiger partial charge in [0.15, 0.2) is 0 Å². The highest BCUT2D eigenvalue weighted by Crippen LogP contribution is 2.50. The van der Waals surface area contributed by atoms with E-state index in [0.717, 1.165) is 34.0 Å². The maximum absolute atomic E-state index is 6.41. The summed E-state index contributed by atoms with van der Waals surface area (Å²) in [7, 11) is 0. The normalized spacial score (nSPS) is 11.5. The van der Waals surface area contributed by atoms with Gasteiger partial charge in [0.25, 0.3) is 0 Å². The number of hydrogen-bond donors (Lipinski definition) is 0. The van der Waals surface area contributed by atoms with Crippen molar-refractivity contribution >= 4 is 21.4 Å². The fourth-order valence-electron chi connectivity index (χ4n) is 7.73. The molecule has 0 aliphatic heterocycles. The van der Waals surface area contributed by atoms with Crippen LogP contribution in [0.25, 0.3) is 87.5 Å². The predicted molar refractivity (Wildman–Crippen MR) is 220 cm³/mol. The first-order chi connectivity index (χ1) is 26.2. The zero-order valence-corrected chi connectivity index (χ0v) is 29.8. The van der Waals surface area contributed by atoms with Crippen LogP contribution in [0, 0.1) is 6.92 Å². The van der Waals surface area contributed by atoms with E-state index >= 15 is 0 Å². The lowest BCUT2D eigenvalue weighted by molar-refractivity contribution is 0.483. The molecule has 10 rings (SSSR count). The molecule has 53 heavy (non-hydrogen) atoms. The van der Waals surface area contributed by atoms with E-state index in [-0.39, 0.29) is 0 Å². The quantitative estimate of drug-likeness (QED) is 0.180. The zero-order chi connectivity index (χ0) is 35.3. The minimum atomic E-state index is 0.759. The van der Waals surface area contributed by atoms with Crippen LogP contribution in [-0.2, 0) is 0 Å². The summed E-state index contributed by atoms with van der Waals surface area (Å²) >= 11 is 1.81. The number of hydrogen-bond acceptors (Lipinski definition) is 4. The van der Waals surface area contributed by atoms with E-state index in [2.05, 4.69) is 127 Å². The van der Waals surface area contributed by atoms with Crippen molar-refractivity contribution in [3.8, 4) is 89.0 Å². The lowest BCUT2D eigenvalue weighted by Gasteiger charge is -2.23. The van der Waals surface area contributed by atoms with Gasteiger partial charge in [0.2, 0.25) is 0 Å². The summed E-state index contributed by atoms with van der Waals surface area (Å²) in [6.45, 7) is 2.24. The molecular weight excluding hydrogens is 665 g/mol. The summed E-state index contributed by atoms with van der Waals surface area (Å²) in [5, 5.41) is 1.22. The molecule has 4 heteroatoms. The highest BCUT2D eigenvalue weighted by Gasteiger charge is 2.23. The molecule has 0 unspecified atom stereocenters. The first kappa shape index (κ1) is 31.1. The third-order valence-corrected chi connectivity index (χ3v) is 11.6. The number of fused-ring (bicyclic) bond motifs is 9. The van der Waals surface area contributed by atoms with Gasteiger partial charge in [-0.1, -0.05) is 115 Å². The molecule has 0 fully saturated rings. The molecule has 9 aromatic rings. The SMILES string of the molecule is Cc1c(-c2ccc3c(c2)-c2ccccc2-c2ccccc2-c2ccccc2-3)sc2c(-c3cccc(Oc4cccc(-c5ccccn5)c4)c3)nccc12. The van der Waals surface area contributed by atoms with Gasteiger partial charge < -0.3 is 4.74 Å². The Balaban J connectivity index is 1.06. The topological polar surface area (TPSA) is 35.0 Å². The number of thiophene rings is 1. The fourth-order valence-corrected chi connectivity index (χ4v) is 9.04. The van der Waals surface area contributed by atoms with Crippen LogP contribution in [0.15, 0.2) is 176 Å². The van der Waals surface area contributed by atoms with Gasteiger partial charge in [-0.2, -0.15) is 0 Å². The predicted octanol–water partition coefficient (Wildman–Crippen LogP) is 13.8. The third-order valence-electron chi connectivity index (χ3n) is 10.2. The van der Waals surface area contributed by atoms with Crippen molar-refractivity contribution in [2.75, 3.05) is 0 Å². The summed E-state index contributed by atoms with van der Waals surface area (Å²) in [4.78, 5) is 10.7. The molecule has 0 saturated carbocycles. The summed E-state index contributed by atoms with van der Waals surface area (Å²) in [5.74, 6) is 1.52. The Morgan fingerprint density at radius 3 is 1.62 bits per heavy atom. The van der Waals surface area contributed by atoms with E-state index in [1.807, 2.05) is 72.3 Å². The van der Waals surface area contributed by atoms with E-state index in [9.17, 15) is 0 Å². The van der Waals surface area contributed by atoms with Gasteiger partial charge in [-0.3, -0.25) is 9.97 Å². The lowest BCUT2D eigenvalue weighted by Crippen LogP contribution is -1.97. The second kappa shape index (κ2) is 12.9. The van der Waals surface area contributed by atoms with Crippen molar-refractivity contribution in [1.29, 1.82) is 0 Å². The molecule has 0 saturated heterocycles. The standard InChI is InChI=1S/C49H32N2OS/c1-31-37-25-27-51-47(33-13-11-15-36(29-33)52-35-14-10-12-32(28-35)46-22-8-9-26-50-46)49(37)53-48(31)34-23-24-44-42-20-5-4-18-40(42)38-16-2-3-17-39(38)41-19-6-7-21-43(41)45(44)30-34/h2-30H,1H3. The fraction of sp³-hybridized carbons (Fsp3) is 0.0204. The van der Waals surface area contributed by atoms with Crippen LogP contribution in [0.5, 0.6) is 11.5 Å². The molecule has 0 amide bonds. The second-order valence-electron chi connectivity index (χ2n) is 13.4. The van der Waals surface area contributed by atoms with Crippen molar-refractivity contribution in [3.63, 3.8) is 0 Å². The van der Waals surface area contributed by atoms with Gasteiger partial charge in [0.05, 0.1) is 16.1 Å². The van der Waals surface area contributed by atoms with E-state index in [1.165, 1.54) is 70.6 Å². The van der Waals surface area contributed by atoms with Gasteiger partial charge in [-0.25, -0.2) is 0 Å². The first-order valence-corrected chi connectivity index (χ1v) is 18.6. The molecule has 0 N–H and O–H groups in total. The number of aryl methyl sites for hydroxylation is 1. The molecule has 6 aromatic carbocycles. The largest absolute Gasteiger partial charge is 0.457 e. The van der Waals surface area contributed by atoms with E-state index in [0.29, 0.717) is 0 Å². The Morgan fingerprint density at radius 1 is 0.434 bits per heavy atom. The van der Waals surface area contributed by atoms with Crippen molar-refractivity contribution in [2.24, 2.45) is 0 Å². The van der Waals surface area contributed by atoms with Crippen molar-refractivity contribution in [2.45, 2.75) is 6.92 Å². The average Bonchev–Trinajstić information content (AvgIpc) is 3.57. The lowest BCUT2D eigenvalue weighted by atomic mass is 9.80. The Hall–Kier alpha value is -6.62. The van der Waals surface area contributed by atoms with Crippen LogP contribution in [0.1, 0.15) is 5.56 Å². The maximum atomic E-state index is 6.41. The van der Waals surface area contributed by atoms with Crippen LogP contribution >= 0.6 is 11.3 Å². The minimum Gasteiger partial charge on any atom is -0.457 e.